The molecule has 0 radical (unpaired) electrons. The molecule has 57 heavy (non-hydrogen) atoms. The number of ether oxygens (including phenoxy) is 2. The third kappa shape index (κ3) is 43.1. The van der Waals surface area contributed by atoms with Crippen molar-refractivity contribution in [2.45, 2.75) is 200 Å². The summed E-state index contributed by atoms with van der Waals surface area (Å²) < 4.78 is 32.8. The van der Waals surface area contributed by atoms with Crippen molar-refractivity contribution in [3.8, 4) is 0 Å². The van der Waals surface area contributed by atoms with Gasteiger partial charge < -0.3 is 20.1 Å². The van der Waals surface area contributed by atoms with Gasteiger partial charge in [0.25, 0.3) is 0 Å². The molecule has 330 valence electrons. The van der Waals surface area contributed by atoms with Gasteiger partial charge in [-0.3, -0.25) is 18.6 Å². The molecule has 0 aromatic heterocycles. The molecular formula is C47H84NO8P. The van der Waals surface area contributed by atoms with Gasteiger partial charge in [-0.1, -0.05) is 164 Å². The van der Waals surface area contributed by atoms with Crippen LogP contribution in [0.5, 0.6) is 0 Å². The highest BCUT2D eigenvalue weighted by Gasteiger charge is 2.26. The quantitative estimate of drug-likeness (QED) is 0.0267. The van der Waals surface area contributed by atoms with Crippen molar-refractivity contribution >= 4 is 19.8 Å². The second kappa shape index (κ2) is 43.3. The van der Waals surface area contributed by atoms with Crippen LogP contribution in [-0.2, 0) is 32.7 Å². The molecule has 0 aromatic carbocycles. The minimum atomic E-state index is -4.39. The van der Waals surface area contributed by atoms with E-state index < -0.39 is 32.5 Å². The lowest BCUT2D eigenvalue weighted by atomic mass is 10.1. The van der Waals surface area contributed by atoms with Crippen LogP contribution in [-0.4, -0.2) is 49.3 Å². The van der Waals surface area contributed by atoms with Crippen LogP contribution in [0.4, 0.5) is 0 Å². The van der Waals surface area contributed by atoms with E-state index in [0.717, 1.165) is 64.2 Å². The Bertz CT molecular complexity index is 1120. The second-order valence-corrected chi connectivity index (χ2v) is 16.4. The van der Waals surface area contributed by atoms with E-state index in [1.807, 2.05) is 0 Å². The first-order valence-corrected chi connectivity index (χ1v) is 24.3. The average molecular weight is 822 g/mol. The van der Waals surface area contributed by atoms with E-state index in [0.29, 0.717) is 6.42 Å². The summed E-state index contributed by atoms with van der Waals surface area (Å²) in [4.78, 5) is 34.9. The lowest BCUT2D eigenvalue weighted by Gasteiger charge is -2.19. The van der Waals surface area contributed by atoms with Crippen molar-refractivity contribution in [3.63, 3.8) is 0 Å². The molecule has 2 atom stereocenters. The molecule has 10 heteroatoms. The maximum absolute atomic E-state index is 12.6. The van der Waals surface area contributed by atoms with Crippen LogP contribution in [0.15, 0.2) is 60.8 Å². The number of phosphoric acid groups is 1. The zero-order chi connectivity index (χ0) is 41.8. The van der Waals surface area contributed by atoms with Gasteiger partial charge >= 0.3 is 19.8 Å². The predicted octanol–water partition coefficient (Wildman–Crippen LogP) is 13.3. The largest absolute Gasteiger partial charge is 0.472 e. The van der Waals surface area contributed by atoms with Gasteiger partial charge in [-0.25, -0.2) is 4.57 Å². The molecule has 3 N–H and O–H groups in total. The fraction of sp³-hybridized carbons (Fsp3) is 0.745. The summed E-state index contributed by atoms with van der Waals surface area (Å²) in [5.41, 5.74) is 5.35. The molecule has 0 aliphatic heterocycles. The van der Waals surface area contributed by atoms with E-state index in [4.69, 9.17) is 24.3 Å². The summed E-state index contributed by atoms with van der Waals surface area (Å²) in [6.45, 7) is 3.62. The van der Waals surface area contributed by atoms with Crippen LogP contribution in [0.1, 0.15) is 194 Å². The standard InChI is InChI=1S/C47H84NO8P/c1-3-5-7-9-11-13-15-17-19-21-22-24-25-27-29-31-33-35-37-39-46(49)53-43-45(44-55-57(51,52)54-42-41-48)56-47(50)40-38-36-34-32-30-28-26-23-20-18-16-14-12-10-8-6-4-2/h8,10,14,16-17,19-20,23,28,30,45H,3-7,9,11-13,15,18,21-22,24-27,29,31-44,48H2,1-2H3,(H,51,52)/b10-8+,16-14+,19-17+,23-20+,30-28+/t45-/m1/s1. The van der Waals surface area contributed by atoms with Gasteiger partial charge in [0.2, 0.25) is 0 Å². The van der Waals surface area contributed by atoms with Crippen LogP contribution < -0.4 is 5.73 Å². The lowest BCUT2D eigenvalue weighted by Crippen LogP contribution is -2.29. The minimum Gasteiger partial charge on any atom is -0.462 e. The number of nitrogens with two attached hydrogens (primary N) is 1. The Hall–Kier alpha value is -2.29. The maximum Gasteiger partial charge on any atom is 0.472 e. The van der Waals surface area contributed by atoms with Crippen molar-refractivity contribution in [2.24, 2.45) is 5.73 Å². The van der Waals surface area contributed by atoms with E-state index in [2.05, 4.69) is 74.6 Å². The number of carbonyl (C=O) groups excluding carboxylic acids is 2. The van der Waals surface area contributed by atoms with Crippen LogP contribution in [0.25, 0.3) is 0 Å². The topological polar surface area (TPSA) is 134 Å². The van der Waals surface area contributed by atoms with Gasteiger partial charge in [0.1, 0.15) is 6.61 Å². The first-order valence-electron chi connectivity index (χ1n) is 22.8. The van der Waals surface area contributed by atoms with Crippen molar-refractivity contribution in [3.05, 3.63) is 60.8 Å². The van der Waals surface area contributed by atoms with Gasteiger partial charge in [0.15, 0.2) is 6.10 Å². The SMILES string of the molecule is CCC/C=C/C/C=C/C/C=C/C/C=C/CCCCCC(=O)O[C@H](COC(=O)CCCCCCCCCCC/C=C/CCCCCCCC)COP(=O)(O)OCCN. The summed E-state index contributed by atoms with van der Waals surface area (Å²) in [7, 11) is -4.39. The summed E-state index contributed by atoms with van der Waals surface area (Å²) in [5, 5.41) is 0. The fourth-order valence-electron chi connectivity index (χ4n) is 5.97. The van der Waals surface area contributed by atoms with Crippen LogP contribution in [0.3, 0.4) is 0 Å². The predicted molar refractivity (Wildman–Crippen MR) is 238 cm³/mol. The molecular weight excluding hydrogens is 737 g/mol. The molecule has 0 amide bonds. The van der Waals surface area contributed by atoms with Crippen LogP contribution >= 0.6 is 7.82 Å². The normalized spacial score (nSPS) is 13.8. The van der Waals surface area contributed by atoms with Crippen molar-refractivity contribution in [1.29, 1.82) is 0 Å². The van der Waals surface area contributed by atoms with E-state index in [-0.39, 0.29) is 32.6 Å². The second-order valence-electron chi connectivity index (χ2n) is 14.9. The van der Waals surface area contributed by atoms with Crippen molar-refractivity contribution in [2.75, 3.05) is 26.4 Å². The molecule has 0 saturated heterocycles. The molecule has 9 nitrogen and oxygen atoms in total. The third-order valence-electron chi connectivity index (χ3n) is 9.36. The number of unbranched alkanes of at least 4 members (excludes halogenated alkanes) is 19. The zero-order valence-corrected chi connectivity index (χ0v) is 37.2. The monoisotopic (exact) mass is 822 g/mol. The highest BCUT2D eigenvalue weighted by atomic mass is 31.2. The molecule has 0 aliphatic rings. The van der Waals surface area contributed by atoms with Crippen molar-refractivity contribution in [1.82, 2.24) is 0 Å². The Labute approximate surface area is 349 Å². The number of esters is 2. The van der Waals surface area contributed by atoms with Crippen LogP contribution in [0, 0.1) is 0 Å². The molecule has 1 unspecified atom stereocenters. The van der Waals surface area contributed by atoms with E-state index in [1.54, 1.807) is 0 Å². The van der Waals surface area contributed by atoms with Crippen LogP contribution in [0.2, 0.25) is 0 Å². The summed E-state index contributed by atoms with van der Waals surface area (Å²) in [5.74, 6) is -0.868. The number of allylic oxidation sites excluding steroid dienone is 10. The number of rotatable bonds is 42. The smallest absolute Gasteiger partial charge is 0.462 e. The molecule has 0 spiro atoms. The molecule has 0 heterocycles. The van der Waals surface area contributed by atoms with Gasteiger partial charge in [-0.15, -0.1) is 0 Å². The van der Waals surface area contributed by atoms with Gasteiger partial charge in [-0.2, -0.15) is 0 Å². The van der Waals surface area contributed by atoms with Gasteiger partial charge in [0.05, 0.1) is 13.2 Å². The Morgan fingerprint density at radius 1 is 0.526 bits per heavy atom. The molecule has 0 aliphatic carbocycles. The highest BCUT2D eigenvalue weighted by Crippen LogP contribution is 2.43. The van der Waals surface area contributed by atoms with Crippen molar-refractivity contribution < 1.29 is 37.6 Å². The highest BCUT2D eigenvalue weighted by molar-refractivity contribution is 7.47. The lowest BCUT2D eigenvalue weighted by molar-refractivity contribution is -0.161. The number of carbonyl (C=O) groups is 2. The van der Waals surface area contributed by atoms with E-state index in [9.17, 15) is 19.0 Å². The third-order valence-corrected chi connectivity index (χ3v) is 10.3. The molecule has 0 rings (SSSR count). The summed E-state index contributed by atoms with van der Waals surface area (Å²) in [6.07, 6.45) is 51.1. The number of phosphoric ester groups is 1. The Kier molecular flexibility index (Phi) is 41.6. The number of hydrogen-bond donors (Lipinski definition) is 2. The van der Waals surface area contributed by atoms with E-state index >= 15 is 0 Å². The first-order chi connectivity index (χ1) is 27.8. The first kappa shape index (κ1) is 54.7. The average Bonchev–Trinajstić information content (AvgIpc) is 3.20. The minimum absolute atomic E-state index is 0.0454. The van der Waals surface area contributed by atoms with E-state index in [1.165, 1.54) is 96.3 Å². The summed E-state index contributed by atoms with van der Waals surface area (Å²) in [6, 6.07) is 0. The summed E-state index contributed by atoms with van der Waals surface area (Å²) >= 11 is 0. The Morgan fingerprint density at radius 3 is 1.46 bits per heavy atom. The molecule has 0 bridgehead atoms. The zero-order valence-electron chi connectivity index (χ0n) is 36.3. The fourth-order valence-corrected chi connectivity index (χ4v) is 6.74. The molecule has 0 fully saturated rings. The number of hydrogen-bond acceptors (Lipinski definition) is 8. The Morgan fingerprint density at radius 2 is 0.947 bits per heavy atom. The van der Waals surface area contributed by atoms with Gasteiger partial charge in [-0.05, 0) is 77.0 Å². The molecule has 0 saturated carbocycles. The maximum atomic E-state index is 12.6. The Balaban J connectivity index is 4.18. The molecule has 0 aromatic rings. The van der Waals surface area contributed by atoms with Gasteiger partial charge in [0, 0.05) is 19.4 Å².